The zero-order valence-corrected chi connectivity index (χ0v) is 13.4. The average molecular weight is 288 g/mol. The molecule has 0 fully saturated rings. The highest BCUT2D eigenvalue weighted by Crippen LogP contribution is 2.38. The van der Waals surface area contributed by atoms with Gasteiger partial charge in [-0.1, -0.05) is 49.7 Å². The molecule has 3 rings (SSSR count). The van der Waals surface area contributed by atoms with Crippen LogP contribution in [0.15, 0.2) is 52.3 Å². The molecule has 2 aromatic carbocycles. The van der Waals surface area contributed by atoms with Gasteiger partial charge in [0.1, 0.15) is 0 Å². The number of hydrogen-bond donors (Lipinski definition) is 0. The third-order valence-corrected chi connectivity index (χ3v) is 5.45. The fourth-order valence-electron chi connectivity index (χ4n) is 1.97. The summed E-state index contributed by atoms with van der Waals surface area (Å²) in [5.74, 6) is 2.47. The van der Waals surface area contributed by atoms with Gasteiger partial charge in [0.2, 0.25) is 0 Å². The van der Waals surface area contributed by atoms with Crippen LogP contribution in [0.1, 0.15) is 19.4 Å². The topological polar surface area (TPSA) is 0 Å². The molecule has 0 spiro atoms. The fourth-order valence-corrected chi connectivity index (χ4v) is 4.22. The van der Waals surface area contributed by atoms with Crippen LogP contribution in [0, 0.1) is 6.92 Å². The van der Waals surface area contributed by atoms with Gasteiger partial charge in [0.05, 0.1) is 0 Å². The first-order valence-corrected chi connectivity index (χ1v) is 8.77. The van der Waals surface area contributed by atoms with Crippen molar-refractivity contribution in [2.45, 2.75) is 30.6 Å². The first-order valence-electron chi connectivity index (χ1n) is 6.79. The summed E-state index contributed by atoms with van der Waals surface area (Å²) in [7, 11) is 0. The fraction of sp³-hybridized carbons (Fsp3) is 0.294. The van der Waals surface area contributed by atoms with Crippen LogP contribution in [0.3, 0.4) is 0 Å². The third kappa shape index (κ3) is 3.58. The van der Waals surface area contributed by atoms with Crippen LogP contribution in [0.5, 0.6) is 0 Å². The first-order chi connectivity index (χ1) is 9.33. The molecule has 1 aliphatic heterocycles. The molecular weight excluding hydrogens is 268 g/mol. The van der Waals surface area contributed by atoms with Crippen LogP contribution in [0.2, 0.25) is 0 Å². The number of thioether (sulfide) groups is 2. The van der Waals surface area contributed by atoms with E-state index in [0.29, 0.717) is 0 Å². The normalized spacial score (nSPS) is 13.2. The minimum atomic E-state index is 1.23. The Morgan fingerprint density at radius 2 is 1.32 bits per heavy atom. The zero-order chi connectivity index (χ0) is 13.7. The summed E-state index contributed by atoms with van der Waals surface area (Å²) in [5, 5.41) is 0. The van der Waals surface area contributed by atoms with Crippen LogP contribution in [0.4, 0.5) is 0 Å². The lowest BCUT2D eigenvalue weighted by Crippen LogP contribution is -1.93. The zero-order valence-electron chi connectivity index (χ0n) is 11.8. The Morgan fingerprint density at radius 3 is 2.00 bits per heavy atom. The second kappa shape index (κ2) is 7.06. The van der Waals surface area contributed by atoms with Crippen LogP contribution in [-0.2, 0) is 0 Å². The van der Waals surface area contributed by atoms with Crippen LogP contribution < -0.4 is 0 Å². The molecule has 0 aromatic heterocycles. The van der Waals surface area contributed by atoms with Gasteiger partial charge in [-0.3, -0.25) is 0 Å². The summed E-state index contributed by atoms with van der Waals surface area (Å²) in [6.07, 6.45) is 0. The number of hydrogen-bond acceptors (Lipinski definition) is 2. The minimum absolute atomic E-state index is 1.23. The van der Waals surface area contributed by atoms with E-state index in [2.05, 4.69) is 49.4 Å². The molecule has 0 atom stereocenters. The van der Waals surface area contributed by atoms with E-state index in [1.165, 1.54) is 38.0 Å². The highest BCUT2D eigenvalue weighted by atomic mass is 32.2. The summed E-state index contributed by atoms with van der Waals surface area (Å²) < 4.78 is 0. The van der Waals surface area contributed by atoms with Crippen molar-refractivity contribution in [3.8, 4) is 11.1 Å². The number of benzene rings is 2. The standard InChI is InChI=1S/C15H14S2.C2H6/c1-11-2-4-12(5-3-11)13-6-7-14-15(10-13)17-9-8-16-14;1-2/h2-7,10H,8-9H2,1H3;1-2H3. The predicted octanol–water partition coefficient (Wildman–Crippen LogP) is 5.89. The number of aryl methyl sites for hydroxylation is 1. The van der Waals surface area contributed by atoms with Crippen molar-refractivity contribution < 1.29 is 0 Å². The lowest BCUT2D eigenvalue weighted by Gasteiger charge is -2.15. The molecule has 0 N–H and O–H groups in total. The van der Waals surface area contributed by atoms with Gasteiger partial charge in [0, 0.05) is 21.3 Å². The Bertz CT molecular complexity index is 529. The molecule has 100 valence electrons. The summed E-state index contributed by atoms with van der Waals surface area (Å²) in [6.45, 7) is 6.13. The maximum Gasteiger partial charge on any atom is 0.0214 e. The van der Waals surface area contributed by atoms with Crippen LogP contribution >= 0.6 is 23.5 Å². The largest absolute Gasteiger partial charge is 0.124 e. The maximum atomic E-state index is 2.33. The Kier molecular flexibility index (Phi) is 5.41. The van der Waals surface area contributed by atoms with Crippen molar-refractivity contribution in [3.05, 3.63) is 48.0 Å². The Hall–Kier alpha value is -0.860. The van der Waals surface area contributed by atoms with E-state index in [-0.39, 0.29) is 0 Å². The van der Waals surface area contributed by atoms with Crippen molar-refractivity contribution in [2.75, 3.05) is 11.5 Å². The van der Waals surface area contributed by atoms with Crippen molar-refractivity contribution in [3.63, 3.8) is 0 Å². The molecule has 0 saturated heterocycles. The third-order valence-electron chi connectivity index (χ3n) is 2.93. The monoisotopic (exact) mass is 288 g/mol. The van der Waals surface area contributed by atoms with Gasteiger partial charge in [-0.15, -0.1) is 23.5 Å². The SMILES string of the molecule is CC.Cc1ccc(-c2ccc3c(c2)SCCS3)cc1. The highest BCUT2D eigenvalue weighted by Gasteiger charge is 2.11. The van der Waals surface area contributed by atoms with Gasteiger partial charge in [-0.25, -0.2) is 0 Å². The Balaban J connectivity index is 0.000000637. The minimum Gasteiger partial charge on any atom is -0.124 e. The smallest absolute Gasteiger partial charge is 0.0214 e. The van der Waals surface area contributed by atoms with Gasteiger partial charge in [0.25, 0.3) is 0 Å². The molecule has 1 aliphatic rings. The molecule has 0 radical (unpaired) electrons. The summed E-state index contributed by atoms with van der Waals surface area (Å²) >= 11 is 3.95. The molecule has 0 bridgehead atoms. The summed E-state index contributed by atoms with van der Waals surface area (Å²) in [6, 6.07) is 15.6. The molecule has 1 heterocycles. The summed E-state index contributed by atoms with van der Waals surface area (Å²) in [4.78, 5) is 2.89. The van der Waals surface area contributed by atoms with E-state index >= 15 is 0 Å². The van der Waals surface area contributed by atoms with E-state index in [1.807, 2.05) is 37.4 Å². The number of rotatable bonds is 1. The average Bonchev–Trinajstić information content (AvgIpc) is 2.49. The van der Waals surface area contributed by atoms with Gasteiger partial charge in [-0.2, -0.15) is 0 Å². The van der Waals surface area contributed by atoms with E-state index in [4.69, 9.17) is 0 Å². The van der Waals surface area contributed by atoms with E-state index in [0.717, 1.165) is 0 Å². The van der Waals surface area contributed by atoms with Crippen LogP contribution in [-0.4, -0.2) is 11.5 Å². The van der Waals surface area contributed by atoms with Gasteiger partial charge >= 0.3 is 0 Å². The van der Waals surface area contributed by atoms with Crippen molar-refractivity contribution >= 4 is 23.5 Å². The highest BCUT2D eigenvalue weighted by molar-refractivity contribution is 8.05. The predicted molar refractivity (Wildman–Crippen MR) is 89.4 cm³/mol. The van der Waals surface area contributed by atoms with Gasteiger partial charge in [-0.05, 0) is 30.2 Å². The maximum absolute atomic E-state index is 2.33. The molecule has 0 saturated carbocycles. The van der Waals surface area contributed by atoms with Crippen molar-refractivity contribution in [1.82, 2.24) is 0 Å². The lowest BCUT2D eigenvalue weighted by atomic mass is 10.0. The molecule has 0 aliphatic carbocycles. The lowest BCUT2D eigenvalue weighted by molar-refractivity contribution is 1.22. The second-order valence-electron chi connectivity index (χ2n) is 4.22. The Morgan fingerprint density at radius 1 is 0.737 bits per heavy atom. The molecule has 0 unspecified atom stereocenters. The summed E-state index contributed by atoms with van der Waals surface area (Å²) in [5.41, 5.74) is 3.96. The van der Waals surface area contributed by atoms with E-state index < -0.39 is 0 Å². The molecular formula is C17H20S2. The molecule has 0 nitrogen and oxygen atoms in total. The molecule has 0 amide bonds. The van der Waals surface area contributed by atoms with Crippen LogP contribution in [0.25, 0.3) is 11.1 Å². The van der Waals surface area contributed by atoms with Gasteiger partial charge in [0.15, 0.2) is 0 Å². The van der Waals surface area contributed by atoms with Crippen molar-refractivity contribution in [1.29, 1.82) is 0 Å². The van der Waals surface area contributed by atoms with E-state index in [9.17, 15) is 0 Å². The van der Waals surface area contributed by atoms with E-state index in [1.54, 1.807) is 0 Å². The second-order valence-corrected chi connectivity index (χ2v) is 6.50. The first kappa shape index (κ1) is 14.5. The molecule has 19 heavy (non-hydrogen) atoms. The number of fused-ring (bicyclic) bond motifs is 1. The molecule has 2 heteroatoms. The molecule has 2 aromatic rings. The Labute approximate surface area is 125 Å². The quantitative estimate of drug-likeness (QED) is 0.642. The van der Waals surface area contributed by atoms with Gasteiger partial charge < -0.3 is 0 Å². The van der Waals surface area contributed by atoms with Crippen molar-refractivity contribution in [2.24, 2.45) is 0 Å².